The molecule has 7 aromatic rings. The molecule has 3 aliphatic rings. The maximum absolute atomic E-state index is 14.4. The Hall–Kier alpha value is -6.44. The number of carbonyl (C=O) groups excluding carboxylic acids is 2. The van der Waals surface area contributed by atoms with Crippen molar-refractivity contribution in [2.75, 3.05) is 81.3 Å². The van der Waals surface area contributed by atoms with Gasteiger partial charge >= 0.3 is 5.76 Å². The van der Waals surface area contributed by atoms with E-state index in [1.165, 1.54) is 22.9 Å². The van der Waals surface area contributed by atoms with Gasteiger partial charge in [-0.15, -0.1) is 0 Å². The molecule has 1 unspecified atom stereocenters. The van der Waals surface area contributed by atoms with Gasteiger partial charge in [0.05, 0.1) is 40.1 Å². The standard InChI is InChI=1S/C55H62BrN10O8PS/c1-6-36-31-43(60-54-57-33-49(76(71,72)39-12-10-37(56)11-13-39)52(62-54)59-42-16-15-41-40(14-8-34(3)58-41)51(42)75(4,5)70)47(73-7-2)32-46(36)65-24-21-38(22-25-65)64-28-26-63(27-29-64)23-20-35-9-17-44-48(30-35)74-55(69)66(44)45-18-19-50(67)61-53(45)68/h8-17,30-33,38,45H,6-7,18-29H2,1-5H3,(H,61,67,68)(H2,57,59,60,62). The van der Waals surface area contributed by atoms with E-state index in [-0.39, 0.29) is 40.3 Å². The Labute approximate surface area is 450 Å². The lowest BCUT2D eigenvalue weighted by Crippen LogP contribution is -2.53. The van der Waals surface area contributed by atoms with Crippen LogP contribution in [0.3, 0.4) is 0 Å². The second kappa shape index (κ2) is 21.9. The molecule has 1 atom stereocenters. The van der Waals surface area contributed by atoms with Gasteiger partial charge in [0.15, 0.2) is 11.4 Å². The molecule has 76 heavy (non-hydrogen) atoms. The third kappa shape index (κ3) is 11.1. The minimum atomic E-state index is -4.15. The summed E-state index contributed by atoms with van der Waals surface area (Å²) >= 11 is 3.41. The van der Waals surface area contributed by atoms with E-state index in [2.05, 4.69) is 75.6 Å². The van der Waals surface area contributed by atoms with E-state index < -0.39 is 34.7 Å². The molecule has 0 radical (unpaired) electrons. The van der Waals surface area contributed by atoms with Gasteiger partial charge in [0, 0.05) is 90.9 Å². The number of piperidine rings is 2. The Morgan fingerprint density at radius 3 is 2.34 bits per heavy atom. The van der Waals surface area contributed by atoms with Crippen LogP contribution in [0, 0.1) is 6.92 Å². The molecule has 3 N–H and O–H groups in total. The third-order valence-electron chi connectivity index (χ3n) is 14.7. The number of aromatic nitrogens is 4. The predicted octanol–water partition coefficient (Wildman–Crippen LogP) is 8.34. The molecule has 0 bridgehead atoms. The van der Waals surface area contributed by atoms with E-state index >= 15 is 0 Å². The molecule has 4 aromatic carbocycles. The van der Waals surface area contributed by atoms with E-state index in [1.807, 2.05) is 50.2 Å². The van der Waals surface area contributed by atoms with Gasteiger partial charge in [-0.1, -0.05) is 35.0 Å². The number of nitrogens with one attached hydrogen (secondary N) is 3. The summed E-state index contributed by atoms with van der Waals surface area (Å²) in [7, 11) is -7.13. The molecule has 398 valence electrons. The van der Waals surface area contributed by atoms with E-state index in [1.54, 1.807) is 31.5 Å². The zero-order chi connectivity index (χ0) is 53.5. The van der Waals surface area contributed by atoms with Crippen molar-refractivity contribution in [3.63, 3.8) is 0 Å². The maximum atomic E-state index is 14.4. The second-order valence-electron chi connectivity index (χ2n) is 20.1. The molecule has 3 saturated heterocycles. The number of pyridine rings is 1. The van der Waals surface area contributed by atoms with Crippen molar-refractivity contribution in [1.82, 2.24) is 34.6 Å². The highest BCUT2D eigenvalue weighted by molar-refractivity contribution is 9.10. The number of benzene rings is 4. The molecule has 10 rings (SSSR count). The fourth-order valence-corrected chi connectivity index (χ4v) is 13.8. The number of anilines is 5. The number of sulfone groups is 1. The number of rotatable bonds is 16. The predicted molar refractivity (Wildman–Crippen MR) is 300 cm³/mol. The Bertz CT molecular complexity index is 3590. The van der Waals surface area contributed by atoms with Crippen LogP contribution in [0.1, 0.15) is 62.4 Å². The van der Waals surface area contributed by atoms with Crippen molar-refractivity contribution < 1.29 is 31.7 Å². The number of ether oxygens (including phenoxy) is 1. The first-order valence-corrected chi connectivity index (χ1v) is 30.7. The van der Waals surface area contributed by atoms with Crippen molar-refractivity contribution in [2.45, 2.75) is 81.2 Å². The number of aryl methyl sites for hydroxylation is 2. The highest BCUT2D eigenvalue weighted by atomic mass is 79.9. The zero-order valence-corrected chi connectivity index (χ0v) is 46.6. The first-order chi connectivity index (χ1) is 36.5. The van der Waals surface area contributed by atoms with Gasteiger partial charge in [-0.2, -0.15) is 4.98 Å². The molecule has 6 heterocycles. The quantitative estimate of drug-likeness (QED) is 0.0613. The molecule has 0 saturated carbocycles. The Morgan fingerprint density at radius 2 is 1.63 bits per heavy atom. The Morgan fingerprint density at radius 1 is 0.868 bits per heavy atom. The lowest BCUT2D eigenvalue weighted by molar-refractivity contribution is -0.135. The topological polar surface area (TPSA) is 214 Å². The number of hydrogen-bond donors (Lipinski definition) is 3. The lowest BCUT2D eigenvalue weighted by atomic mass is 9.99. The summed E-state index contributed by atoms with van der Waals surface area (Å²) in [4.78, 5) is 58.6. The van der Waals surface area contributed by atoms with Crippen LogP contribution in [0.5, 0.6) is 5.75 Å². The van der Waals surface area contributed by atoms with E-state index in [9.17, 15) is 27.4 Å². The lowest BCUT2D eigenvalue weighted by Gasteiger charge is -2.43. The molecule has 0 spiro atoms. The summed E-state index contributed by atoms with van der Waals surface area (Å²) in [6, 6.07) is 23.3. The molecular weight excluding hydrogens is 1070 g/mol. The Kier molecular flexibility index (Phi) is 15.3. The first kappa shape index (κ1) is 53.0. The Balaban J connectivity index is 0.819. The summed E-state index contributed by atoms with van der Waals surface area (Å²) in [6.07, 6.45) is 5.33. The van der Waals surface area contributed by atoms with Crippen LogP contribution in [-0.2, 0) is 36.8 Å². The number of hydrogen-bond acceptors (Lipinski definition) is 16. The van der Waals surface area contributed by atoms with Gasteiger partial charge in [-0.3, -0.25) is 29.4 Å². The number of carbonyl (C=O) groups is 2. The van der Waals surface area contributed by atoms with Crippen LogP contribution in [0.25, 0.3) is 22.0 Å². The smallest absolute Gasteiger partial charge is 0.420 e. The van der Waals surface area contributed by atoms with Crippen LogP contribution in [-0.4, -0.2) is 121 Å². The molecule has 3 aliphatic heterocycles. The number of halogens is 1. The fraction of sp³-hybridized carbons (Fsp3) is 0.382. The number of piperazine rings is 1. The summed E-state index contributed by atoms with van der Waals surface area (Å²) in [6.45, 7) is 16.3. The van der Waals surface area contributed by atoms with Crippen LogP contribution in [0.15, 0.2) is 109 Å². The summed E-state index contributed by atoms with van der Waals surface area (Å²) < 4.78 is 56.7. The summed E-state index contributed by atoms with van der Waals surface area (Å²) in [5.41, 5.74) is 6.86. The molecule has 21 heteroatoms. The van der Waals surface area contributed by atoms with Gasteiger partial charge in [-0.05, 0) is 131 Å². The number of nitrogens with zero attached hydrogens (tertiary/aromatic N) is 7. The molecule has 18 nitrogen and oxygen atoms in total. The largest absolute Gasteiger partial charge is 0.492 e. The van der Waals surface area contributed by atoms with Crippen molar-refractivity contribution in [1.29, 1.82) is 0 Å². The molecule has 2 amide bonds. The monoisotopic (exact) mass is 1130 g/mol. The van der Waals surface area contributed by atoms with Crippen molar-refractivity contribution >= 4 is 101 Å². The fourth-order valence-electron chi connectivity index (χ4n) is 10.8. The first-order valence-electron chi connectivity index (χ1n) is 25.8. The third-order valence-corrected chi connectivity index (χ3v) is 18.6. The highest BCUT2D eigenvalue weighted by Crippen LogP contribution is 2.43. The average Bonchev–Trinajstić information content (AvgIpc) is 3.74. The molecule has 0 aliphatic carbocycles. The van der Waals surface area contributed by atoms with E-state index in [4.69, 9.17) is 14.1 Å². The SMILES string of the molecule is CCOc1cc(N2CCC(N3CCN(CCc4ccc5c(c4)oc(=O)n5C4CCC(=O)NC4=O)CC3)CC2)c(CC)cc1Nc1ncc(S(=O)(=O)c2ccc(Br)cc2)c(Nc2ccc3nc(C)ccc3c2P(C)(C)=O)n1. The van der Waals surface area contributed by atoms with Crippen molar-refractivity contribution in [3.8, 4) is 5.75 Å². The zero-order valence-electron chi connectivity index (χ0n) is 43.3. The van der Waals surface area contributed by atoms with E-state index in [0.29, 0.717) is 57.1 Å². The van der Waals surface area contributed by atoms with Gasteiger partial charge in [-0.25, -0.2) is 18.2 Å². The van der Waals surface area contributed by atoms with Gasteiger partial charge in [0.1, 0.15) is 23.8 Å². The van der Waals surface area contributed by atoms with Gasteiger partial charge < -0.3 is 34.2 Å². The summed E-state index contributed by atoms with van der Waals surface area (Å²) in [5.74, 6) is -0.646. The van der Waals surface area contributed by atoms with Crippen LogP contribution >= 0.6 is 23.1 Å². The maximum Gasteiger partial charge on any atom is 0.420 e. The number of amides is 2. The van der Waals surface area contributed by atoms with Gasteiger partial charge in [0.2, 0.25) is 27.6 Å². The van der Waals surface area contributed by atoms with Gasteiger partial charge in [0.25, 0.3) is 0 Å². The normalized spacial score (nSPS) is 17.3. The van der Waals surface area contributed by atoms with E-state index in [0.717, 1.165) is 98.5 Å². The van der Waals surface area contributed by atoms with Crippen molar-refractivity contribution in [2.24, 2.45) is 0 Å². The van der Waals surface area contributed by atoms with Crippen LogP contribution in [0.2, 0.25) is 0 Å². The van der Waals surface area contributed by atoms with Crippen LogP contribution in [0.4, 0.5) is 28.8 Å². The minimum absolute atomic E-state index is 0.0112. The summed E-state index contributed by atoms with van der Waals surface area (Å²) in [5, 5.41) is 10.2. The molecular formula is C55H62BrN10O8PS. The second-order valence-corrected chi connectivity index (χ2v) is 26.0. The molecule has 3 fully saturated rings. The average molecular weight is 1130 g/mol. The minimum Gasteiger partial charge on any atom is -0.492 e. The number of fused-ring (bicyclic) bond motifs is 2. The van der Waals surface area contributed by atoms with Crippen molar-refractivity contribution in [3.05, 3.63) is 117 Å². The number of oxazole rings is 1. The molecule has 3 aromatic heterocycles. The highest BCUT2D eigenvalue weighted by Gasteiger charge is 2.33. The number of imide groups is 1. The van der Waals surface area contributed by atoms with Crippen LogP contribution < -0.4 is 36.6 Å².